The molecular formula is C7H14O4. The third kappa shape index (κ3) is 4.75. The van der Waals surface area contributed by atoms with Gasteiger partial charge in [0.25, 0.3) is 0 Å². The third-order valence-corrected chi connectivity index (χ3v) is 1.36. The summed E-state index contributed by atoms with van der Waals surface area (Å²) in [5, 5.41) is 0. The van der Waals surface area contributed by atoms with Gasteiger partial charge in [0.05, 0.1) is 26.7 Å². The first kappa shape index (κ1) is 10.4. The molecule has 11 heavy (non-hydrogen) atoms. The van der Waals surface area contributed by atoms with E-state index < -0.39 is 0 Å². The Kier molecular flexibility index (Phi) is 5.78. The van der Waals surface area contributed by atoms with Crippen LogP contribution in [0.4, 0.5) is 0 Å². The Morgan fingerprint density at radius 2 is 2.09 bits per heavy atom. The molecule has 66 valence electrons. The molecule has 4 heteroatoms. The first-order chi connectivity index (χ1) is 5.22. The van der Waals surface area contributed by atoms with E-state index in [-0.39, 0.29) is 11.9 Å². The molecular weight excluding hydrogens is 148 g/mol. The van der Waals surface area contributed by atoms with Crippen LogP contribution >= 0.6 is 0 Å². The fourth-order valence-electron chi connectivity index (χ4n) is 0.627. The Labute approximate surface area is 66.4 Å². The van der Waals surface area contributed by atoms with Crippen LogP contribution in [0.2, 0.25) is 0 Å². The quantitative estimate of drug-likeness (QED) is 0.259. The summed E-state index contributed by atoms with van der Waals surface area (Å²) in [5.74, 6) is -0.347. The van der Waals surface area contributed by atoms with E-state index in [1.54, 1.807) is 6.92 Å². The number of methoxy groups -OCH3 is 1. The van der Waals surface area contributed by atoms with Crippen LogP contribution in [-0.4, -0.2) is 26.8 Å². The van der Waals surface area contributed by atoms with Gasteiger partial charge in [0.1, 0.15) is 0 Å². The van der Waals surface area contributed by atoms with Crippen molar-refractivity contribution >= 4 is 5.97 Å². The second kappa shape index (κ2) is 6.12. The zero-order valence-corrected chi connectivity index (χ0v) is 7.12. The first-order valence-electron chi connectivity index (χ1n) is 3.45. The van der Waals surface area contributed by atoms with Crippen LogP contribution < -0.4 is 0 Å². The molecule has 0 aromatic rings. The minimum atomic E-state index is -0.218. The lowest BCUT2D eigenvalue weighted by molar-refractivity contribution is -0.273. The summed E-state index contributed by atoms with van der Waals surface area (Å²) in [6.45, 7) is 2.19. The van der Waals surface area contributed by atoms with Gasteiger partial charge >= 0.3 is 5.97 Å². The number of hydrogen-bond donors (Lipinski definition) is 0. The topological polar surface area (TPSA) is 44.8 Å². The number of ether oxygens (including phenoxy) is 1. The number of carbonyl (C=O) groups is 1. The highest BCUT2D eigenvalue weighted by atomic mass is 17.2. The molecule has 0 amide bonds. The predicted molar refractivity (Wildman–Crippen MR) is 38.8 cm³/mol. The molecule has 0 fully saturated rings. The number of hydrogen-bond acceptors (Lipinski definition) is 4. The largest absolute Gasteiger partial charge is 0.469 e. The van der Waals surface area contributed by atoms with Crippen LogP contribution in [0, 0.1) is 5.92 Å². The van der Waals surface area contributed by atoms with Gasteiger partial charge in [-0.3, -0.25) is 4.79 Å². The molecule has 0 aromatic heterocycles. The predicted octanol–water partition coefficient (Wildman–Crippen LogP) is 0.764. The summed E-state index contributed by atoms with van der Waals surface area (Å²) >= 11 is 0. The SMILES string of the molecule is COOCCC(C)C(=O)OC. The minimum absolute atomic E-state index is 0.129. The fourth-order valence-corrected chi connectivity index (χ4v) is 0.627. The Bertz CT molecular complexity index is 113. The van der Waals surface area contributed by atoms with Crippen LogP contribution in [0.25, 0.3) is 0 Å². The van der Waals surface area contributed by atoms with Gasteiger partial charge in [-0.15, -0.1) is 0 Å². The van der Waals surface area contributed by atoms with Gasteiger partial charge in [-0.05, 0) is 6.42 Å². The fraction of sp³-hybridized carbons (Fsp3) is 0.857. The minimum Gasteiger partial charge on any atom is -0.469 e. The van der Waals surface area contributed by atoms with Crippen molar-refractivity contribution in [3.8, 4) is 0 Å². The highest BCUT2D eigenvalue weighted by molar-refractivity contribution is 5.71. The van der Waals surface area contributed by atoms with Crippen molar-refractivity contribution in [3.05, 3.63) is 0 Å². The van der Waals surface area contributed by atoms with Gasteiger partial charge < -0.3 is 4.74 Å². The van der Waals surface area contributed by atoms with Gasteiger partial charge in [0.15, 0.2) is 0 Å². The van der Waals surface area contributed by atoms with E-state index in [4.69, 9.17) is 0 Å². The van der Waals surface area contributed by atoms with Crippen molar-refractivity contribution in [1.29, 1.82) is 0 Å². The van der Waals surface area contributed by atoms with Crippen molar-refractivity contribution in [1.82, 2.24) is 0 Å². The van der Waals surface area contributed by atoms with Gasteiger partial charge in [0, 0.05) is 0 Å². The number of esters is 1. The average Bonchev–Trinajstić information content (AvgIpc) is 2.03. The summed E-state index contributed by atoms with van der Waals surface area (Å²) in [5.41, 5.74) is 0. The molecule has 4 nitrogen and oxygen atoms in total. The Morgan fingerprint density at radius 1 is 1.45 bits per heavy atom. The molecule has 0 spiro atoms. The van der Waals surface area contributed by atoms with E-state index in [1.807, 2.05) is 0 Å². The molecule has 0 saturated carbocycles. The number of rotatable bonds is 5. The van der Waals surface area contributed by atoms with Gasteiger partial charge in [0.2, 0.25) is 0 Å². The van der Waals surface area contributed by atoms with Gasteiger partial charge in [-0.25, -0.2) is 9.78 Å². The molecule has 0 rings (SSSR count). The van der Waals surface area contributed by atoms with Crippen LogP contribution in [0.3, 0.4) is 0 Å². The van der Waals surface area contributed by atoms with E-state index in [2.05, 4.69) is 14.5 Å². The molecule has 0 aliphatic rings. The first-order valence-corrected chi connectivity index (χ1v) is 3.45. The lowest BCUT2D eigenvalue weighted by Crippen LogP contribution is -2.14. The van der Waals surface area contributed by atoms with E-state index in [9.17, 15) is 4.79 Å². The van der Waals surface area contributed by atoms with Crippen molar-refractivity contribution in [2.75, 3.05) is 20.8 Å². The molecule has 1 atom stereocenters. The standard InChI is InChI=1S/C7H14O4/c1-6(7(8)9-2)4-5-11-10-3/h6H,4-5H2,1-3H3. The van der Waals surface area contributed by atoms with Crippen LogP contribution in [-0.2, 0) is 19.3 Å². The zero-order valence-electron chi connectivity index (χ0n) is 7.12. The molecule has 0 radical (unpaired) electrons. The van der Waals surface area contributed by atoms with E-state index in [0.717, 1.165) is 0 Å². The molecule has 0 aromatic carbocycles. The Hall–Kier alpha value is -0.610. The Morgan fingerprint density at radius 3 is 2.55 bits per heavy atom. The van der Waals surface area contributed by atoms with E-state index in [0.29, 0.717) is 13.0 Å². The molecule has 0 aliphatic heterocycles. The van der Waals surface area contributed by atoms with Crippen molar-refractivity contribution in [2.45, 2.75) is 13.3 Å². The third-order valence-electron chi connectivity index (χ3n) is 1.36. The van der Waals surface area contributed by atoms with E-state index in [1.165, 1.54) is 14.2 Å². The number of carbonyl (C=O) groups excluding carboxylic acids is 1. The maximum atomic E-state index is 10.8. The summed E-state index contributed by atoms with van der Waals surface area (Å²) in [4.78, 5) is 19.7. The van der Waals surface area contributed by atoms with Crippen molar-refractivity contribution in [3.63, 3.8) is 0 Å². The molecule has 0 aliphatic carbocycles. The van der Waals surface area contributed by atoms with E-state index >= 15 is 0 Å². The average molecular weight is 162 g/mol. The van der Waals surface area contributed by atoms with Crippen molar-refractivity contribution < 1.29 is 19.3 Å². The normalized spacial score (nSPS) is 12.6. The molecule has 0 N–H and O–H groups in total. The monoisotopic (exact) mass is 162 g/mol. The lowest BCUT2D eigenvalue weighted by atomic mass is 10.1. The second-order valence-corrected chi connectivity index (χ2v) is 2.20. The maximum Gasteiger partial charge on any atom is 0.308 e. The van der Waals surface area contributed by atoms with Crippen molar-refractivity contribution in [2.24, 2.45) is 5.92 Å². The van der Waals surface area contributed by atoms with Crippen LogP contribution in [0.1, 0.15) is 13.3 Å². The van der Waals surface area contributed by atoms with Gasteiger partial charge in [-0.1, -0.05) is 6.92 Å². The summed E-state index contributed by atoms with van der Waals surface area (Å²) < 4.78 is 4.51. The highest BCUT2D eigenvalue weighted by Gasteiger charge is 2.11. The maximum absolute atomic E-state index is 10.8. The molecule has 0 heterocycles. The molecule has 0 saturated heterocycles. The summed E-state index contributed by atoms with van der Waals surface area (Å²) in [7, 11) is 2.80. The van der Waals surface area contributed by atoms with Crippen LogP contribution in [0.5, 0.6) is 0 Å². The second-order valence-electron chi connectivity index (χ2n) is 2.20. The smallest absolute Gasteiger partial charge is 0.308 e. The zero-order chi connectivity index (χ0) is 8.69. The molecule has 0 bridgehead atoms. The molecule has 1 unspecified atom stereocenters. The highest BCUT2D eigenvalue weighted by Crippen LogP contribution is 2.03. The lowest BCUT2D eigenvalue weighted by Gasteiger charge is -2.07. The summed E-state index contributed by atoms with van der Waals surface area (Å²) in [6, 6.07) is 0. The Balaban J connectivity index is 3.36. The van der Waals surface area contributed by atoms with Crippen LogP contribution in [0.15, 0.2) is 0 Å². The summed E-state index contributed by atoms with van der Waals surface area (Å²) in [6.07, 6.45) is 0.612. The van der Waals surface area contributed by atoms with Gasteiger partial charge in [-0.2, -0.15) is 0 Å².